The molecule has 1 fully saturated rings. The number of aliphatic hydroxyl groups is 1. The van der Waals surface area contributed by atoms with Crippen molar-refractivity contribution < 1.29 is 9.84 Å². The summed E-state index contributed by atoms with van der Waals surface area (Å²) < 4.78 is 7.86. The molecule has 0 bridgehead atoms. The third-order valence-corrected chi connectivity index (χ3v) is 4.42. The third-order valence-electron chi connectivity index (χ3n) is 4.42. The van der Waals surface area contributed by atoms with Crippen molar-refractivity contribution in [3.05, 3.63) is 62.4 Å². The van der Waals surface area contributed by atoms with E-state index in [1.807, 2.05) is 30.3 Å². The summed E-state index contributed by atoms with van der Waals surface area (Å²) in [7, 11) is 0. The van der Waals surface area contributed by atoms with Crippen molar-refractivity contribution in [1.29, 1.82) is 5.26 Å². The number of aromatic nitrogens is 2. The van der Waals surface area contributed by atoms with Gasteiger partial charge in [-0.25, -0.2) is 4.79 Å². The maximum Gasteiger partial charge on any atom is 0.331 e. The molecule has 7 heteroatoms. The van der Waals surface area contributed by atoms with Crippen LogP contribution in [-0.2, 0) is 13.0 Å². The number of benzene rings is 1. The van der Waals surface area contributed by atoms with Crippen molar-refractivity contribution in [3.8, 4) is 11.8 Å². The average Bonchev–Trinajstić information content (AvgIpc) is 3.49. The number of nitriles is 1. The normalized spacial score (nSPS) is 14.7. The second-order valence-electron chi connectivity index (χ2n) is 6.45. The first-order valence-corrected chi connectivity index (χ1v) is 8.69. The molecule has 1 aliphatic carbocycles. The zero-order valence-electron chi connectivity index (χ0n) is 14.6. The number of hydrogen-bond acceptors (Lipinski definition) is 5. The fraction of sp³-hybridized carbons (Fsp3) is 0.421. The van der Waals surface area contributed by atoms with Crippen LogP contribution in [0, 0.1) is 11.3 Å². The van der Waals surface area contributed by atoms with Gasteiger partial charge in [-0.1, -0.05) is 19.1 Å². The first-order chi connectivity index (χ1) is 12.5. The molecule has 0 amide bonds. The van der Waals surface area contributed by atoms with Crippen LogP contribution < -0.4 is 16.0 Å². The number of aliphatic hydroxyl groups excluding tert-OH is 1. The van der Waals surface area contributed by atoms with Crippen LogP contribution in [0.1, 0.15) is 36.9 Å². The molecule has 26 heavy (non-hydrogen) atoms. The van der Waals surface area contributed by atoms with Crippen LogP contribution in [0.4, 0.5) is 0 Å². The highest BCUT2D eigenvalue weighted by Crippen LogP contribution is 2.33. The van der Waals surface area contributed by atoms with Gasteiger partial charge in [0, 0.05) is 12.2 Å². The minimum Gasteiger partial charge on any atom is -0.491 e. The Morgan fingerprint density at radius 2 is 2.00 bits per heavy atom. The summed E-state index contributed by atoms with van der Waals surface area (Å²) in [5.41, 5.74) is -0.0956. The highest BCUT2D eigenvalue weighted by molar-refractivity contribution is 5.27. The number of aryl methyl sites for hydroxylation is 1. The SMILES string of the molecule is CCc1ccc(OC[C@H](O)Cn2c(=O)c(C#N)cn(C3CC3)c2=O)cc1. The first kappa shape index (κ1) is 18.0. The lowest BCUT2D eigenvalue weighted by molar-refractivity contribution is 0.0899. The summed E-state index contributed by atoms with van der Waals surface area (Å²) in [6.07, 6.45) is 2.89. The van der Waals surface area contributed by atoms with Crippen molar-refractivity contribution >= 4 is 0 Å². The monoisotopic (exact) mass is 355 g/mol. The summed E-state index contributed by atoms with van der Waals surface area (Å²) in [6, 6.07) is 9.37. The van der Waals surface area contributed by atoms with Gasteiger partial charge >= 0.3 is 5.69 Å². The molecule has 1 atom stereocenters. The van der Waals surface area contributed by atoms with E-state index in [1.165, 1.54) is 16.3 Å². The maximum absolute atomic E-state index is 12.5. The predicted molar refractivity (Wildman–Crippen MR) is 95.3 cm³/mol. The summed E-state index contributed by atoms with van der Waals surface area (Å²) in [5.74, 6) is 0.606. The zero-order valence-corrected chi connectivity index (χ0v) is 14.6. The van der Waals surface area contributed by atoms with Crippen molar-refractivity contribution in [2.45, 2.75) is 44.9 Å². The molecule has 1 saturated carbocycles. The van der Waals surface area contributed by atoms with Crippen LogP contribution in [0.5, 0.6) is 5.75 Å². The molecular formula is C19H21N3O4. The average molecular weight is 355 g/mol. The van der Waals surface area contributed by atoms with E-state index >= 15 is 0 Å². The second-order valence-corrected chi connectivity index (χ2v) is 6.45. The van der Waals surface area contributed by atoms with Crippen LogP contribution in [0.15, 0.2) is 40.1 Å². The molecule has 0 radical (unpaired) electrons. The lowest BCUT2D eigenvalue weighted by Gasteiger charge is -2.15. The molecule has 7 nitrogen and oxygen atoms in total. The maximum atomic E-state index is 12.5. The van der Waals surface area contributed by atoms with E-state index in [2.05, 4.69) is 6.92 Å². The molecule has 1 heterocycles. The van der Waals surface area contributed by atoms with Gasteiger partial charge in [0.05, 0.1) is 6.54 Å². The molecule has 1 N–H and O–H groups in total. The summed E-state index contributed by atoms with van der Waals surface area (Å²) >= 11 is 0. The Morgan fingerprint density at radius 3 is 2.58 bits per heavy atom. The third kappa shape index (κ3) is 3.86. The number of hydrogen-bond donors (Lipinski definition) is 1. The van der Waals surface area contributed by atoms with Gasteiger partial charge in [0.1, 0.15) is 30.1 Å². The van der Waals surface area contributed by atoms with E-state index in [-0.39, 0.29) is 24.8 Å². The van der Waals surface area contributed by atoms with E-state index in [4.69, 9.17) is 10.00 Å². The fourth-order valence-corrected chi connectivity index (χ4v) is 2.75. The van der Waals surface area contributed by atoms with Crippen LogP contribution >= 0.6 is 0 Å². The lowest BCUT2D eigenvalue weighted by Crippen LogP contribution is -2.44. The van der Waals surface area contributed by atoms with Crippen LogP contribution in [0.2, 0.25) is 0 Å². The van der Waals surface area contributed by atoms with Crippen molar-refractivity contribution in [1.82, 2.24) is 9.13 Å². The van der Waals surface area contributed by atoms with Gasteiger partial charge < -0.3 is 9.84 Å². The second kappa shape index (κ2) is 7.58. The molecule has 136 valence electrons. The Labute approximate surface area is 150 Å². The highest BCUT2D eigenvalue weighted by atomic mass is 16.5. The minimum atomic E-state index is -1.05. The molecule has 0 aliphatic heterocycles. The Bertz CT molecular complexity index is 933. The Morgan fingerprint density at radius 1 is 1.31 bits per heavy atom. The van der Waals surface area contributed by atoms with E-state index in [0.717, 1.165) is 23.8 Å². The van der Waals surface area contributed by atoms with E-state index in [1.54, 1.807) is 0 Å². The summed E-state index contributed by atoms with van der Waals surface area (Å²) in [4.78, 5) is 24.8. The van der Waals surface area contributed by atoms with Gasteiger partial charge in [0.25, 0.3) is 5.56 Å². The molecule has 1 aliphatic rings. The quantitative estimate of drug-likeness (QED) is 0.805. The predicted octanol–water partition coefficient (Wildman–Crippen LogP) is 1.22. The zero-order chi connectivity index (χ0) is 18.7. The van der Waals surface area contributed by atoms with Gasteiger partial charge in [-0.15, -0.1) is 0 Å². The van der Waals surface area contributed by atoms with Gasteiger partial charge in [-0.2, -0.15) is 5.26 Å². The first-order valence-electron chi connectivity index (χ1n) is 8.69. The topological polar surface area (TPSA) is 97.2 Å². The van der Waals surface area contributed by atoms with Crippen molar-refractivity contribution in [2.75, 3.05) is 6.61 Å². The minimum absolute atomic E-state index is 0.0342. The number of nitrogens with zero attached hydrogens (tertiary/aromatic N) is 3. The lowest BCUT2D eigenvalue weighted by atomic mass is 10.2. The molecule has 0 unspecified atom stereocenters. The highest BCUT2D eigenvalue weighted by Gasteiger charge is 2.27. The number of ether oxygens (including phenoxy) is 1. The van der Waals surface area contributed by atoms with Crippen molar-refractivity contribution in [2.24, 2.45) is 0 Å². The molecule has 0 spiro atoms. The van der Waals surface area contributed by atoms with Gasteiger partial charge in [-0.3, -0.25) is 13.9 Å². The van der Waals surface area contributed by atoms with Gasteiger partial charge in [0.15, 0.2) is 0 Å². The summed E-state index contributed by atoms with van der Waals surface area (Å²) in [6.45, 7) is 1.78. The van der Waals surface area contributed by atoms with Crippen molar-refractivity contribution in [3.63, 3.8) is 0 Å². The molecule has 2 aromatic rings. The van der Waals surface area contributed by atoms with Crippen LogP contribution in [-0.4, -0.2) is 27.0 Å². The molecular weight excluding hydrogens is 334 g/mol. The standard InChI is InChI=1S/C19H21N3O4/c1-2-13-3-7-17(8-4-13)26-12-16(23)11-22-18(24)14(9-20)10-21(19(22)25)15-5-6-15/h3-4,7-8,10,15-16,23H,2,5-6,11-12H2,1H3/t16-/m1/s1. The molecule has 0 saturated heterocycles. The van der Waals surface area contributed by atoms with Gasteiger partial charge in [0.2, 0.25) is 0 Å². The fourth-order valence-electron chi connectivity index (χ4n) is 2.75. The Hall–Kier alpha value is -2.85. The smallest absolute Gasteiger partial charge is 0.331 e. The Kier molecular flexibility index (Phi) is 5.24. The van der Waals surface area contributed by atoms with E-state index < -0.39 is 17.4 Å². The van der Waals surface area contributed by atoms with Gasteiger partial charge in [-0.05, 0) is 37.0 Å². The van der Waals surface area contributed by atoms with E-state index in [0.29, 0.717) is 5.75 Å². The molecule has 3 rings (SSSR count). The largest absolute Gasteiger partial charge is 0.491 e. The molecule has 1 aromatic carbocycles. The summed E-state index contributed by atoms with van der Waals surface area (Å²) in [5, 5.41) is 19.3. The number of rotatable bonds is 7. The Balaban J connectivity index is 1.73. The molecule has 1 aromatic heterocycles. The van der Waals surface area contributed by atoms with Crippen LogP contribution in [0.3, 0.4) is 0 Å². The van der Waals surface area contributed by atoms with E-state index in [9.17, 15) is 14.7 Å². The van der Waals surface area contributed by atoms with Crippen LogP contribution in [0.25, 0.3) is 0 Å².